The van der Waals surface area contributed by atoms with E-state index >= 15 is 0 Å². The monoisotopic (exact) mass is 341 g/mol. The number of hydrogen-bond donors (Lipinski definition) is 2. The third-order valence-electron chi connectivity index (χ3n) is 4.45. The Hall–Kier alpha value is -2.25. The third-order valence-corrected chi connectivity index (χ3v) is 5.31. The first-order valence-corrected chi connectivity index (χ1v) is 8.84. The van der Waals surface area contributed by atoms with Crippen molar-refractivity contribution < 1.29 is 0 Å². The van der Waals surface area contributed by atoms with E-state index in [0.29, 0.717) is 28.2 Å². The van der Waals surface area contributed by atoms with Crippen molar-refractivity contribution in [2.24, 2.45) is 11.7 Å². The van der Waals surface area contributed by atoms with Gasteiger partial charge in [-0.3, -0.25) is 4.79 Å². The lowest BCUT2D eigenvalue weighted by molar-refractivity contribution is 0.431. The topological polar surface area (TPSA) is 85.3 Å². The molecule has 1 aliphatic carbocycles. The molecule has 1 saturated carbocycles. The van der Waals surface area contributed by atoms with Gasteiger partial charge in [0, 0.05) is 23.7 Å². The summed E-state index contributed by atoms with van der Waals surface area (Å²) in [7, 11) is 0. The number of nitrogens with one attached hydrogen (secondary N) is 1. The maximum atomic E-state index is 12.3. The number of rotatable bonds is 5. The molecule has 1 fully saturated rings. The summed E-state index contributed by atoms with van der Waals surface area (Å²) < 4.78 is 1.34. The molecule has 0 bridgehead atoms. The molecule has 0 spiro atoms. The highest BCUT2D eigenvalue weighted by Gasteiger charge is 2.38. The molecule has 0 saturated heterocycles. The summed E-state index contributed by atoms with van der Waals surface area (Å²) in [6, 6.07) is 11.2. The highest BCUT2D eigenvalue weighted by Crippen LogP contribution is 2.38. The van der Waals surface area contributed by atoms with Crippen molar-refractivity contribution in [1.82, 2.24) is 14.6 Å². The van der Waals surface area contributed by atoms with Gasteiger partial charge < -0.3 is 11.1 Å². The molecule has 2 aromatic heterocycles. The Kier molecular flexibility index (Phi) is 3.62. The minimum atomic E-state index is -0.245. The third kappa shape index (κ3) is 2.92. The van der Waals surface area contributed by atoms with E-state index in [1.54, 1.807) is 0 Å². The molecule has 3 aromatic rings. The quantitative estimate of drug-likeness (QED) is 0.744. The van der Waals surface area contributed by atoms with E-state index in [4.69, 9.17) is 5.73 Å². The largest absolute Gasteiger partial charge is 0.358 e. The molecule has 6 nitrogen and oxygen atoms in total. The van der Waals surface area contributed by atoms with Crippen LogP contribution in [0.3, 0.4) is 0 Å². The van der Waals surface area contributed by atoms with Crippen LogP contribution in [0.2, 0.25) is 0 Å². The number of hydrogen-bond acceptors (Lipinski definition) is 6. The minimum Gasteiger partial charge on any atom is -0.358 e. The Balaban J connectivity index is 1.63. The molecule has 1 atom stereocenters. The smallest absolute Gasteiger partial charge is 0.275 e. The predicted molar refractivity (Wildman–Crippen MR) is 96.4 cm³/mol. The van der Waals surface area contributed by atoms with E-state index in [1.165, 1.54) is 34.8 Å². The second-order valence-corrected chi connectivity index (χ2v) is 7.54. The van der Waals surface area contributed by atoms with E-state index in [9.17, 15) is 4.79 Å². The Morgan fingerprint density at radius 2 is 2.12 bits per heavy atom. The van der Waals surface area contributed by atoms with Crippen molar-refractivity contribution >= 4 is 21.4 Å². The van der Waals surface area contributed by atoms with Gasteiger partial charge in [0.05, 0.1) is 5.69 Å². The number of benzene rings is 1. The standard InChI is InChI=1S/C17H19N5OS/c1-17(18,12-7-8-12)10-19-15-21-22-14(23)9-13(20-16(22)24-15)11-5-3-2-4-6-11/h2-6,9,12H,7-8,10,18H2,1H3,(H,19,21)/t17-/m0/s1. The lowest BCUT2D eigenvalue weighted by atomic mass is 9.98. The fourth-order valence-electron chi connectivity index (χ4n) is 2.79. The van der Waals surface area contributed by atoms with Crippen LogP contribution < -0.4 is 16.6 Å². The lowest BCUT2D eigenvalue weighted by Gasteiger charge is -2.24. The van der Waals surface area contributed by atoms with Crippen LogP contribution in [-0.2, 0) is 0 Å². The van der Waals surface area contributed by atoms with Crippen LogP contribution in [0, 0.1) is 5.92 Å². The molecule has 0 unspecified atom stereocenters. The van der Waals surface area contributed by atoms with Crippen molar-refractivity contribution in [3.63, 3.8) is 0 Å². The first-order valence-electron chi connectivity index (χ1n) is 8.02. The second kappa shape index (κ2) is 5.68. The van der Waals surface area contributed by atoms with Crippen molar-refractivity contribution in [1.29, 1.82) is 0 Å². The van der Waals surface area contributed by atoms with E-state index in [1.807, 2.05) is 30.3 Å². The zero-order valence-corrected chi connectivity index (χ0v) is 14.2. The molecule has 0 amide bonds. The maximum Gasteiger partial charge on any atom is 0.275 e. The fourth-order valence-corrected chi connectivity index (χ4v) is 3.59. The Morgan fingerprint density at radius 3 is 2.83 bits per heavy atom. The van der Waals surface area contributed by atoms with Gasteiger partial charge >= 0.3 is 0 Å². The van der Waals surface area contributed by atoms with Crippen LogP contribution in [0.5, 0.6) is 0 Å². The zero-order chi connectivity index (χ0) is 16.7. The van der Waals surface area contributed by atoms with Crippen molar-refractivity contribution in [2.45, 2.75) is 25.3 Å². The summed E-state index contributed by atoms with van der Waals surface area (Å²) in [5, 5.41) is 8.26. The molecule has 0 aliphatic heterocycles. The van der Waals surface area contributed by atoms with Crippen LogP contribution in [0.15, 0.2) is 41.2 Å². The molecule has 1 aromatic carbocycles. The Labute approximate surface area is 143 Å². The van der Waals surface area contributed by atoms with Gasteiger partial charge in [0.25, 0.3) is 5.56 Å². The summed E-state index contributed by atoms with van der Waals surface area (Å²) in [5.41, 5.74) is 7.48. The van der Waals surface area contributed by atoms with E-state index in [0.717, 1.165) is 5.56 Å². The van der Waals surface area contributed by atoms with E-state index in [2.05, 4.69) is 22.3 Å². The molecule has 24 heavy (non-hydrogen) atoms. The molecular formula is C17H19N5OS. The molecule has 1 aliphatic rings. The van der Waals surface area contributed by atoms with Crippen LogP contribution in [-0.4, -0.2) is 26.7 Å². The maximum absolute atomic E-state index is 12.3. The molecule has 124 valence electrons. The lowest BCUT2D eigenvalue weighted by Crippen LogP contribution is -2.45. The van der Waals surface area contributed by atoms with Crippen LogP contribution in [0.4, 0.5) is 5.13 Å². The van der Waals surface area contributed by atoms with Gasteiger partial charge in [0.2, 0.25) is 10.1 Å². The Bertz CT molecular complexity index is 927. The number of nitrogens with two attached hydrogens (primary N) is 1. The van der Waals surface area contributed by atoms with E-state index in [-0.39, 0.29) is 11.1 Å². The summed E-state index contributed by atoms with van der Waals surface area (Å²) in [4.78, 5) is 17.5. The van der Waals surface area contributed by atoms with Crippen molar-refractivity contribution in [3.05, 3.63) is 46.8 Å². The first kappa shape index (κ1) is 15.3. The van der Waals surface area contributed by atoms with E-state index < -0.39 is 0 Å². The summed E-state index contributed by atoms with van der Waals surface area (Å²) >= 11 is 1.37. The zero-order valence-electron chi connectivity index (χ0n) is 13.4. The van der Waals surface area contributed by atoms with Crippen molar-refractivity contribution in [2.75, 3.05) is 11.9 Å². The van der Waals surface area contributed by atoms with Gasteiger partial charge in [-0.2, -0.15) is 4.52 Å². The highest BCUT2D eigenvalue weighted by molar-refractivity contribution is 7.20. The van der Waals surface area contributed by atoms with Gasteiger partial charge in [0.1, 0.15) is 0 Å². The predicted octanol–water partition coefficient (Wildman–Crippen LogP) is 2.36. The van der Waals surface area contributed by atoms with Crippen LogP contribution in [0.25, 0.3) is 16.2 Å². The Morgan fingerprint density at radius 1 is 1.38 bits per heavy atom. The molecule has 4 rings (SSSR count). The highest BCUT2D eigenvalue weighted by atomic mass is 32.1. The number of nitrogens with zero attached hydrogens (tertiary/aromatic N) is 3. The molecule has 2 heterocycles. The van der Waals surface area contributed by atoms with Crippen molar-refractivity contribution in [3.8, 4) is 11.3 Å². The second-order valence-electron chi connectivity index (χ2n) is 6.58. The number of fused-ring (bicyclic) bond motifs is 1. The van der Waals surface area contributed by atoms with Gasteiger partial charge in [0.15, 0.2) is 0 Å². The minimum absolute atomic E-state index is 0.180. The summed E-state index contributed by atoms with van der Waals surface area (Å²) in [6.07, 6.45) is 2.38. The molecule has 0 radical (unpaired) electrons. The summed E-state index contributed by atoms with van der Waals surface area (Å²) in [5.74, 6) is 0.574. The molecular weight excluding hydrogens is 322 g/mol. The van der Waals surface area contributed by atoms with Gasteiger partial charge in [-0.1, -0.05) is 41.7 Å². The average molecular weight is 341 g/mol. The van der Waals surface area contributed by atoms with Crippen LogP contribution in [0.1, 0.15) is 19.8 Å². The average Bonchev–Trinajstić information content (AvgIpc) is 3.35. The van der Waals surface area contributed by atoms with Gasteiger partial charge in [-0.25, -0.2) is 4.98 Å². The number of anilines is 1. The first-order chi connectivity index (χ1) is 11.5. The SMILES string of the molecule is C[C@](N)(CNc1nn2c(=O)cc(-c3ccccc3)nc2s1)C1CC1. The summed E-state index contributed by atoms with van der Waals surface area (Å²) in [6.45, 7) is 2.70. The number of aromatic nitrogens is 3. The molecule has 3 N–H and O–H groups in total. The van der Waals surface area contributed by atoms with Gasteiger partial charge in [-0.15, -0.1) is 5.10 Å². The normalized spacial score (nSPS) is 16.9. The van der Waals surface area contributed by atoms with Gasteiger partial charge in [-0.05, 0) is 25.7 Å². The van der Waals surface area contributed by atoms with Crippen LogP contribution >= 0.6 is 11.3 Å². The fraction of sp³-hybridized carbons (Fsp3) is 0.353. The molecule has 7 heteroatoms.